The van der Waals surface area contributed by atoms with E-state index in [0.29, 0.717) is 12.2 Å². The average molecular weight is 124 g/mol. The zero-order valence-corrected chi connectivity index (χ0v) is 5.46. The van der Waals surface area contributed by atoms with Crippen LogP contribution in [-0.4, -0.2) is 9.13 Å². The van der Waals surface area contributed by atoms with Gasteiger partial charge < -0.3 is 9.13 Å². The van der Waals surface area contributed by atoms with Gasteiger partial charge in [-0.05, 0) is 6.92 Å². The summed E-state index contributed by atoms with van der Waals surface area (Å²) in [6, 6.07) is 0. The molecule has 49 valence electrons. The second kappa shape index (κ2) is 2.09. The average Bonchev–Trinajstić information content (AvgIpc) is 2.15. The first-order chi connectivity index (χ1) is 4.25. The number of nitrogens with one attached hydrogen (secondary N) is 1. The Morgan fingerprint density at radius 1 is 1.67 bits per heavy atom. The Kier molecular flexibility index (Phi) is 1.42. The van der Waals surface area contributed by atoms with Gasteiger partial charge >= 0.3 is 0 Å². The van der Waals surface area contributed by atoms with E-state index in [0.717, 1.165) is 0 Å². The molecule has 0 saturated heterocycles. The number of imidazole rings is 1. The minimum atomic E-state index is 0.491. The number of rotatable bonds is 1. The van der Waals surface area contributed by atoms with Crippen molar-refractivity contribution in [3.8, 4) is 0 Å². The third-order valence-electron chi connectivity index (χ3n) is 1.32. The lowest BCUT2D eigenvalue weighted by Crippen LogP contribution is -2.21. The maximum Gasteiger partial charge on any atom is 0.201 e. The molecule has 0 atom stereocenters. The van der Waals surface area contributed by atoms with Gasteiger partial charge in [0.25, 0.3) is 0 Å². The van der Waals surface area contributed by atoms with E-state index >= 15 is 0 Å². The van der Waals surface area contributed by atoms with Crippen molar-refractivity contribution in [3.63, 3.8) is 0 Å². The molecule has 0 aliphatic rings. The molecule has 0 saturated carbocycles. The van der Waals surface area contributed by atoms with Gasteiger partial charge in [-0.1, -0.05) is 0 Å². The summed E-state index contributed by atoms with van der Waals surface area (Å²) >= 11 is 0. The lowest BCUT2D eigenvalue weighted by molar-refractivity contribution is 0.687. The van der Waals surface area contributed by atoms with Crippen LogP contribution in [0.25, 0.3) is 0 Å². The molecule has 1 N–H and O–H groups in total. The topological polar surface area (TPSA) is 33.7 Å². The lowest BCUT2D eigenvalue weighted by atomic mass is 10.7. The smallest absolute Gasteiger partial charge is 0.201 e. The first-order valence-electron chi connectivity index (χ1n) is 2.81. The highest BCUT2D eigenvalue weighted by Crippen LogP contribution is 1.78. The third-order valence-corrected chi connectivity index (χ3v) is 1.32. The van der Waals surface area contributed by atoms with Gasteiger partial charge in [-0.25, -0.2) is 0 Å². The predicted octanol–water partition coefficient (Wildman–Crippen LogP) is 0.140. The van der Waals surface area contributed by atoms with Crippen LogP contribution in [0.4, 0.5) is 0 Å². The van der Waals surface area contributed by atoms with Crippen molar-refractivity contribution in [1.29, 1.82) is 5.41 Å². The van der Waals surface area contributed by atoms with Crippen LogP contribution in [0.3, 0.4) is 0 Å². The minimum Gasteiger partial charge on any atom is -0.321 e. The Morgan fingerprint density at radius 2 is 2.33 bits per heavy atom. The molecule has 3 heteroatoms. The highest BCUT2D eigenvalue weighted by Gasteiger charge is 1.89. The van der Waals surface area contributed by atoms with Crippen LogP contribution < -0.4 is 5.62 Å². The Labute approximate surface area is 54.1 Å². The standard InChI is InChI=1S/C6H10N3/c1-3-9-5-4-8(2)6(9)7/h4-5,7H,1,3H2,2H3. The highest BCUT2D eigenvalue weighted by atomic mass is 15.1. The number of aryl methyl sites for hydroxylation is 1. The summed E-state index contributed by atoms with van der Waals surface area (Å²) in [5, 5.41) is 7.36. The molecule has 1 rings (SSSR count). The summed E-state index contributed by atoms with van der Waals surface area (Å²) in [6.45, 7) is 4.28. The van der Waals surface area contributed by atoms with Crippen LogP contribution in [-0.2, 0) is 13.6 Å². The Balaban J connectivity index is 3.20. The van der Waals surface area contributed by atoms with Gasteiger partial charge in [-0.15, -0.1) is 0 Å². The molecule has 1 radical (unpaired) electrons. The lowest BCUT2D eigenvalue weighted by Gasteiger charge is -1.92. The molecular weight excluding hydrogens is 114 g/mol. The molecule has 0 aromatic carbocycles. The first kappa shape index (κ1) is 6.13. The number of aromatic nitrogens is 2. The van der Waals surface area contributed by atoms with Crippen molar-refractivity contribution < 1.29 is 0 Å². The highest BCUT2D eigenvalue weighted by molar-refractivity contribution is 4.77. The van der Waals surface area contributed by atoms with Gasteiger partial charge in [-0.3, -0.25) is 5.41 Å². The minimum absolute atomic E-state index is 0.491. The molecule has 0 aliphatic heterocycles. The molecule has 1 aromatic rings. The molecule has 3 nitrogen and oxygen atoms in total. The van der Waals surface area contributed by atoms with Crippen molar-refractivity contribution in [2.45, 2.75) is 6.54 Å². The van der Waals surface area contributed by atoms with Gasteiger partial charge in [0.2, 0.25) is 5.62 Å². The Hall–Kier alpha value is -0.990. The molecule has 1 aromatic heterocycles. The zero-order chi connectivity index (χ0) is 6.85. The molecule has 9 heavy (non-hydrogen) atoms. The van der Waals surface area contributed by atoms with Crippen LogP contribution in [0, 0.1) is 12.3 Å². The summed E-state index contributed by atoms with van der Waals surface area (Å²) < 4.78 is 3.51. The van der Waals surface area contributed by atoms with Gasteiger partial charge in [0, 0.05) is 26.0 Å². The molecule has 0 amide bonds. The monoisotopic (exact) mass is 124 g/mol. The zero-order valence-electron chi connectivity index (χ0n) is 5.46. The van der Waals surface area contributed by atoms with E-state index in [1.165, 1.54) is 0 Å². The molecule has 0 aliphatic carbocycles. The second-order valence-electron chi connectivity index (χ2n) is 1.93. The van der Waals surface area contributed by atoms with E-state index in [2.05, 4.69) is 6.92 Å². The largest absolute Gasteiger partial charge is 0.321 e. The van der Waals surface area contributed by atoms with Gasteiger partial charge in [0.15, 0.2) is 0 Å². The van der Waals surface area contributed by atoms with Crippen molar-refractivity contribution in [1.82, 2.24) is 9.13 Å². The normalized spacial score (nSPS) is 10.0. The van der Waals surface area contributed by atoms with Crippen molar-refractivity contribution >= 4 is 0 Å². The molecule has 0 spiro atoms. The maximum atomic E-state index is 7.36. The fourth-order valence-corrected chi connectivity index (χ4v) is 0.705. The first-order valence-corrected chi connectivity index (χ1v) is 2.81. The molecule has 1 heterocycles. The van der Waals surface area contributed by atoms with Crippen LogP contribution in [0.2, 0.25) is 0 Å². The van der Waals surface area contributed by atoms with E-state index in [4.69, 9.17) is 5.41 Å². The summed E-state index contributed by atoms with van der Waals surface area (Å²) in [6.07, 6.45) is 3.68. The molecule has 0 unspecified atom stereocenters. The quantitative estimate of drug-likeness (QED) is 0.552. The van der Waals surface area contributed by atoms with E-state index in [9.17, 15) is 0 Å². The van der Waals surface area contributed by atoms with Crippen LogP contribution in [0.1, 0.15) is 0 Å². The van der Waals surface area contributed by atoms with Crippen LogP contribution in [0.15, 0.2) is 12.4 Å². The van der Waals surface area contributed by atoms with E-state index in [1.807, 2.05) is 19.4 Å². The molecule has 0 fully saturated rings. The summed E-state index contributed by atoms with van der Waals surface area (Å²) in [5.41, 5.74) is 0.491. The summed E-state index contributed by atoms with van der Waals surface area (Å²) in [4.78, 5) is 0. The van der Waals surface area contributed by atoms with E-state index in [1.54, 1.807) is 9.13 Å². The summed E-state index contributed by atoms with van der Waals surface area (Å²) in [5.74, 6) is 0. The Morgan fingerprint density at radius 3 is 2.56 bits per heavy atom. The second-order valence-corrected chi connectivity index (χ2v) is 1.93. The fraction of sp³-hybridized carbons (Fsp3) is 0.333. The van der Waals surface area contributed by atoms with Gasteiger partial charge in [0.05, 0.1) is 0 Å². The number of nitrogens with zero attached hydrogens (tertiary/aromatic N) is 2. The SMILES string of the molecule is [CH2]Cn1ccn(C)c1=N. The summed E-state index contributed by atoms with van der Waals surface area (Å²) in [7, 11) is 1.84. The van der Waals surface area contributed by atoms with E-state index in [-0.39, 0.29) is 0 Å². The van der Waals surface area contributed by atoms with Crippen molar-refractivity contribution in [3.05, 3.63) is 24.9 Å². The molecular formula is C6H10N3. The Bertz CT molecular complexity index is 243. The fourth-order valence-electron chi connectivity index (χ4n) is 0.705. The maximum absolute atomic E-state index is 7.36. The van der Waals surface area contributed by atoms with Crippen molar-refractivity contribution in [2.24, 2.45) is 7.05 Å². The van der Waals surface area contributed by atoms with E-state index < -0.39 is 0 Å². The third kappa shape index (κ3) is 0.896. The van der Waals surface area contributed by atoms with Crippen LogP contribution >= 0.6 is 0 Å². The molecule has 0 bridgehead atoms. The number of hydrogen-bond donors (Lipinski definition) is 1. The predicted molar refractivity (Wildman–Crippen MR) is 34.6 cm³/mol. The van der Waals surface area contributed by atoms with Crippen molar-refractivity contribution in [2.75, 3.05) is 0 Å². The van der Waals surface area contributed by atoms with Gasteiger partial charge in [-0.2, -0.15) is 0 Å². The van der Waals surface area contributed by atoms with Gasteiger partial charge in [0.1, 0.15) is 0 Å². The number of hydrogen-bond acceptors (Lipinski definition) is 1. The van der Waals surface area contributed by atoms with Crippen LogP contribution in [0.5, 0.6) is 0 Å².